The molecule has 10 rings (SSSR count). The van der Waals surface area contributed by atoms with E-state index in [0.29, 0.717) is 58.5 Å². The van der Waals surface area contributed by atoms with Crippen molar-refractivity contribution in [1.82, 2.24) is 39.5 Å². The van der Waals surface area contributed by atoms with Gasteiger partial charge in [-0.2, -0.15) is 8.78 Å². The van der Waals surface area contributed by atoms with Gasteiger partial charge in [0.1, 0.15) is 34.9 Å². The molecule has 2 bridgehead atoms. The van der Waals surface area contributed by atoms with Gasteiger partial charge in [-0.25, -0.2) is 38.3 Å². The number of amides is 4. The van der Waals surface area contributed by atoms with Gasteiger partial charge in [0.25, 0.3) is 5.92 Å². The van der Waals surface area contributed by atoms with Crippen molar-refractivity contribution in [3.63, 3.8) is 0 Å². The molecule has 4 fully saturated rings. The summed E-state index contributed by atoms with van der Waals surface area (Å²) >= 11 is 0. The van der Waals surface area contributed by atoms with Crippen LogP contribution in [-0.4, -0.2) is 115 Å². The second-order valence-electron chi connectivity index (χ2n) is 24.7. The van der Waals surface area contributed by atoms with E-state index in [0.717, 1.165) is 25.7 Å². The highest BCUT2D eigenvalue weighted by Crippen LogP contribution is 2.59. The monoisotopic (exact) mass is 1090 g/mol. The molecule has 2 aliphatic heterocycles. The van der Waals surface area contributed by atoms with E-state index < -0.39 is 65.7 Å². The first-order valence-corrected chi connectivity index (χ1v) is 27.2. The normalized spacial score (nSPS) is 21.3. The predicted octanol–water partition coefficient (Wildman–Crippen LogP) is 11.1. The molecule has 3 aromatic carbocycles. The van der Waals surface area contributed by atoms with E-state index in [9.17, 15) is 28.8 Å². The number of ether oxygens (including phenoxy) is 4. The fraction of sp³-hybridized carbons (Fsp3) is 0.525. The van der Waals surface area contributed by atoms with Gasteiger partial charge in [-0.05, 0) is 150 Å². The van der Waals surface area contributed by atoms with Crippen LogP contribution in [-0.2, 0) is 34.5 Å². The van der Waals surface area contributed by atoms with Gasteiger partial charge in [0.05, 0.1) is 49.2 Å². The molecule has 79 heavy (non-hydrogen) atoms. The Morgan fingerprint density at radius 1 is 0.696 bits per heavy atom. The molecule has 6 atom stereocenters. The van der Waals surface area contributed by atoms with Gasteiger partial charge >= 0.3 is 24.4 Å². The number of likely N-dealkylation sites (tertiary alicyclic amines) is 2. The number of nitrogens with one attached hydrogen (secondary N) is 2. The Morgan fingerprint density at radius 2 is 1.24 bits per heavy atom. The first kappa shape index (κ1) is 55.0. The van der Waals surface area contributed by atoms with Crippen LogP contribution < -0.4 is 10.6 Å². The molecule has 5 aromatic rings. The fourth-order valence-corrected chi connectivity index (χ4v) is 12.3. The van der Waals surface area contributed by atoms with Crippen LogP contribution >= 0.6 is 0 Å². The van der Waals surface area contributed by atoms with Gasteiger partial charge in [-0.15, -0.1) is 0 Å². The van der Waals surface area contributed by atoms with Crippen molar-refractivity contribution in [2.75, 3.05) is 20.8 Å². The standard InChI is InChI=1S/C59H70F2N8O10/c1-30(2)45(64-52(72)76-11)50(70)66-29-58(21-22-58)27-43(66)48-62-28-44(69(48)55(75)79-57(8,9)10)34-15-19-38-37-18-14-32(24-39(37)59(60,61)40(38)25-34)33-16-20-41-42(26-33)68(54(74)78-56(5,6)7)49(63-41)47-35-13-17-36(23-35)67(47)51(71)46(31(3)4)65-53(73)77-12/h14-16,18-20,24-26,28,30-31,35-36,43,45-47H,13,17,21-23,27,29H2,1-12H3,(H,64,72)(H,65,73)/t35-,36?,43?,45?,46?,47?/m0/s1. The van der Waals surface area contributed by atoms with E-state index in [4.69, 9.17) is 28.9 Å². The van der Waals surface area contributed by atoms with Gasteiger partial charge in [-0.3, -0.25) is 9.59 Å². The Bertz CT molecular complexity index is 3310. The molecule has 2 saturated carbocycles. The molecule has 20 heteroatoms. The Kier molecular flexibility index (Phi) is 13.7. The maximum absolute atomic E-state index is 17.3. The predicted molar refractivity (Wildman–Crippen MR) is 288 cm³/mol. The number of halogens is 2. The zero-order valence-electron chi connectivity index (χ0n) is 46.9. The van der Waals surface area contributed by atoms with Crippen molar-refractivity contribution in [3.8, 4) is 33.5 Å². The minimum absolute atomic E-state index is 0.0394. The molecule has 3 aliphatic carbocycles. The van der Waals surface area contributed by atoms with E-state index in [1.807, 2.05) is 27.7 Å². The summed E-state index contributed by atoms with van der Waals surface area (Å²) in [7, 11) is 2.46. The van der Waals surface area contributed by atoms with Crippen LogP contribution in [0.4, 0.5) is 28.0 Å². The SMILES string of the molecule is COC(=O)NC(C(=O)N1CC2(CC2)CC1c1ncc(-c2ccc3c(c2)C(F)(F)c2cc(-c4ccc5nc(C6[C@H]7CCC(C7)N6C(=O)C(NC(=O)OC)C(C)C)n(C(=O)OC(C)(C)C)c5c4)ccc2-3)n1C(=O)OC(C)(C)C)C(C)C. The third kappa shape index (κ3) is 9.97. The van der Waals surface area contributed by atoms with E-state index in [-0.39, 0.29) is 69.2 Å². The third-order valence-electron chi connectivity index (χ3n) is 16.2. The molecule has 2 saturated heterocycles. The maximum Gasteiger partial charge on any atom is 0.420 e. The quantitative estimate of drug-likeness (QED) is 0.125. The van der Waals surface area contributed by atoms with Crippen LogP contribution in [0.2, 0.25) is 0 Å². The molecule has 2 N–H and O–H groups in total. The number of fused-ring (bicyclic) bond motifs is 6. The second kappa shape index (κ2) is 19.8. The lowest BCUT2D eigenvalue weighted by Crippen LogP contribution is -2.54. The number of hydrogen-bond donors (Lipinski definition) is 2. The maximum atomic E-state index is 17.3. The molecule has 4 amide bonds. The number of benzene rings is 3. The van der Waals surface area contributed by atoms with E-state index in [1.54, 1.807) is 93.8 Å². The molecule has 5 unspecified atom stereocenters. The van der Waals surface area contributed by atoms with E-state index in [1.165, 1.54) is 41.7 Å². The van der Waals surface area contributed by atoms with E-state index in [2.05, 4.69) is 10.6 Å². The average molecular weight is 1090 g/mol. The summed E-state index contributed by atoms with van der Waals surface area (Å²) in [6.45, 7) is 18.1. The number of carbonyl (C=O) groups excluding carboxylic acids is 6. The topological polar surface area (TPSA) is 206 Å². The number of piperidine rings is 1. The zero-order valence-corrected chi connectivity index (χ0v) is 46.9. The Morgan fingerprint density at radius 3 is 1.81 bits per heavy atom. The van der Waals surface area contributed by atoms with Crippen LogP contribution in [0.1, 0.15) is 143 Å². The van der Waals surface area contributed by atoms with Crippen molar-refractivity contribution in [1.29, 1.82) is 0 Å². The van der Waals surface area contributed by atoms with Crippen molar-refractivity contribution < 1.29 is 56.5 Å². The number of alkyl carbamates (subject to hydrolysis) is 2. The number of alkyl halides is 2. The van der Waals surface area contributed by atoms with Crippen LogP contribution in [0.5, 0.6) is 0 Å². The highest BCUT2D eigenvalue weighted by Gasteiger charge is 2.57. The largest absolute Gasteiger partial charge is 0.453 e. The summed E-state index contributed by atoms with van der Waals surface area (Å²) in [6.07, 6.45) is 2.90. The first-order chi connectivity index (χ1) is 37.1. The van der Waals surface area contributed by atoms with Crippen molar-refractivity contribution in [2.45, 2.75) is 155 Å². The molecule has 0 radical (unpaired) electrons. The number of carbonyl (C=O) groups is 6. The fourth-order valence-electron chi connectivity index (χ4n) is 12.3. The van der Waals surface area contributed by atoms with Crippen LogP contribution in [0.25, 0.3) is 44.5 Å². The van der Waals surface area contributed by atoms with Crippen LogP contribution in [0, 0.1) is 23.2 Å². The minimum atomic E-state index is -3.52. The van der Waals surface area contributed by atoms with Gasteiger partial charge in [0.15, 0.2) is 0 Å². The van der Waals surface area contributed by atoms with Gasteiger partial charge in [0, 0.05) is 29.3 Å². The van der Waals surface area contributed by atoms with Crippen molar-refractivity contribution in [2.24, 2.45) is 23.2 Å². The lowest BCUT2D eigenvalue weighted by molar-refractivity contribution is -0.139. The minimum Gasteiger partial charge on any atom is -0.453 e. The molecule has 18 nitrogen and oxygen atoms in total. The lowest BCUT2D eigenvalue weighted by atomic mass is 9.95. The van der Waals surface area contributed by atoms with Crippen LogP contribution in [0.15, 0.2) is 60.8 Å². The average Bonchev–Trinajstić information content (AvgIpc) is 4.12. The zero-order chi connectivity index (χ0) is 57.0. The number of rotatable bonds is 10. The highest BCUT2D eigenvalue weighted by molar-refractivity contribution is 5.93. The summed E-state index contributed by atoms with van der Waals surface area (Å²) in [6, 6.07) is 11.4. The number of nitrogens with zero attached hydrogens (tertiary/aromatic N) is 6. The first-order valence-electron chi connectivity index (χ1n) is 27.2. The Labute approximate surface area is 457 Å². The molecule has 420 valence electrons. The molecular formula is C59H70F2N8O10. The molecule has 4 heterocycles. The number of methoxy groups -OCH3 is 2. The van der Waals surface area contributed by atoms with Crippen LogP contribution in [0.3, 0.4) is 0 Å². The lowest BCUT2D eigenvalue weighted by Gasteiger charge is -2.38. The number of imidazole rings is 2. The summed E-state index contributed by atoms with van der Waals surface area (Å²) in [4.78, 5) is 96.0. The van der Waals surface area contributed by atoms with E-state index >= 15 is 8.78 Å². The summed E-state index contributed by atoms with van der Waals surface area (Å²) in [5.74, 6) is -4.30. The Hall–Kier alpha value is -7.38. The summed E-state index contributed by atoms with van der Waals surface area (Å²) in [5, 5.41) is 5.39. The number of aromatic nitrogens is 4. The van der Waals surface area contributed by atoms with Crippen molar-refractivity contribution in [3.05, 3.63) is 83.6 Å². The van der Waals surface area contributed by atoms with Gasteiger partial charge in [-0.1, -0.05) is 58.0 Å². The highest BCUT2D eigenvalue weighted by atomic mass is 19.3. The summed E-state index contributed by atoms with van der Waals surface area (Å²) < 4.78 is 59.0. The third-order valence-corrected chi connectivity index (χ3v) is 16.2. The smallest absolute Gasteiger partial charge is 0.420 e. The molecule has 2 aromatic heterocycles. The molecular weight excluding hydrogens is 1020 g/mol. The summed E-state index contributed by atoms with van der Waals surface area (Å²) in [5.41, 5.74) is 0.231. The molecule has 5 aliphatic rings. The second-order valence-corrected chi connectivity index (χ2v) is 24.7. The van der Waals surface area contributed by atoms with Gasteiger partial charge < -0.3 is 39.4 Å². The number of hydrogen-bond acceptors (Lipinski definition) is 12. The van der Waals surface area contributed by atoms with Crippen molar-refractivity contribution >= 4 is 47.2 Å². The van der Waals surface area contributed by atoms with Gasteiger partial charge in [0.2, 0.25) is 11.8 Å². The molecule has 1 spiro atoms. The Balaban J connectivity index is 1.01.